The van der Waals surface area contributed by atoms with Crippen LogP contribution in [-0.2, 0) is 20.7 Å². The van der Waals surface area contributed by atoms with Crippen LogP contribution in [-0.4, -0.2) is 25.0 Å². The zero-order valence-corrected chi connectivity index (χ0v) is 16.7. The maximum absolute atomic E-state index is 13.3. The Bertz CT molecular complexity index is 915. The maximum Gasteiger partial charge on any atom is 0.328 e. The van der Waals surface area contributed by atoms with Gasteiger partial charge in [0.1, 0.15) is 6.04 Å². The lowest BCUT2D eigenvalue weighted by Crippen LogP contribution is -2.45. The lowest BCUT2D eigenvalue weighted by atomic mass is 9.90. The van der Waals surface area contributed by atoms with Crippen molar-refractivity contribution in [2.45, 2.75) is 25.3 Å². The van der Waals surface area contributed by atoms with Crippen LogP contribution in [0.4, 0.5) is 0 Å². The highest BCUT2D eigenvalue weighted by Crippen LogP contribution is 2.25. The molecule has 0 saturated carbocycles. The number of amides is 1. The van der Waals surface area contributed by atoms with Crippen LogP contribution in [0.15, 0.2) is 84.9 Å². The Morgan fingerprint density at radius 2 is 1.34 bits per heavy atom. The molecule has 0 unspecified atom stereocenters. The number of ether oxygens (including phenoxy) is 1. The Morgan fingerprint density at radius 3 is 1.86 bits per heavy atom. The molecule has 3 aromatic carbocycles. The van der Waals surface area contributed by atoms with Crippen LogP contribution in [0.2, 0.25) is 0 Å². The number of rotatable bonds is 7. The van der Waals surface area contributed by atoms with E-state index in [-0.39, 0.29) is 5.91 Å². The van der Waals surface area contributed by atoms with Gasteiger partial charge in [0, 0.05) is 6.42 Å². The molecule has 0 aliphatic heterocycles. The molecule has 4 heteroatoms. The van der Waals surface area contributed by atoms with Gasteiger partial charge in [0.2, 0.25) is 5.91 Å². The predicted molar refractivity (Wildman–Crippen MR) is 114 cm³/mol. The van der Waals surface area contributed by atoms with E-state index >= 15 is 0 Å². The molecule has 4 nitrogen and oxygen atoms in total. The van der Waals surface area contributed by atoms with Crippen LogP contribution in [0.5, 0.6) is 0 Å². The van der Waals surface area contributed by atoms with E-state index in [1.165, 1.54) is 7.11 Å². The maximum atomic E-state index is 13.3. The Balaban J connectivity index is 1.89. The number of esters is 1. The number of hydrogen-bond donors (Lipinski definition) is 1. The molecular weight excluding hydrogens is 362 g/mol. The molecule has 3 aromatic rings. The van der Waals surface area contributed by atoms with E-state index in [4.69, 9.17) is 4.74 Å². The van der Waals surface area contributed by atoms with Gasteiger partial charge in [-0.3, -0.25) is 4.79 Å². The fourth-order valence-corrected chi connectivity index (χ4v) is 3.44. The Kier molecular flexibility index (Phi) is 6.80. The standard InChI is InChI=1S/C25H25NO3/c1-18-11-9-10-16-21(18)17-22(25(28)29-2)26-24(27)23(19-12-5-3-6-13-19)20-14-7-4-8-15-20/h3-16,22-23H,17H2,1-2H3,(H,26,27)/t22-/m0/s1. The number of hydrogen-bond acceptors (Lipinski definition) is 3. The number of aryl methyl sites for hydroxylation is 1. The van der Waals surface area contributed by atoms with E-state index in [1.807, 2.05) is 91.9 Å². The van der Waals surface area contributed by atoms with Crippen molar-refractivity contribution >= 4 is 11.9 Å². The Labute approximate surface area is 171 Å². The molecule has 0 heterocycles. The van der Waals surface area contributed by atoms with Gasteiger partial charge in [-0.2, -0.15) is 0 Å². The molecule has 0 aliphatic carbocycles. The summed E-state index contributed by atoms with van der Waals surface area (Å²) in [5.74, 6) is -1.20. The van der Waals surface area contributed by atoms with E-state index in [2.05, 4.69) is 5.32 Å². The molecule has 0 aliphatic rings. The van der Waals surface area contributed by atoms with Crippen molar-refractivity contribution in [3.8, 4) is 0 Å². The zero-order valence-electron chi connectivity index (χ0n) is 16.7. The Morgan fingerprint density at radius 1 is 0.828 bits per heavy atom. The van der Waals surface area contributed by atoms with Gasteiger partial charge in [-0.05, 0) is 29.2 Å². The highest BCUT2D eigenvalue weighted by atomic mass is 16.5. The molecule has 0 radical (unpaired) electrons. The van der Waals surface area contributed by atoms with Crippen molar-refractivity contribution < 1.29 is 14.3 Å². The van der Waals surface area contributed by atoms with Gasteiger partial charge in [-0.25, -0.2) is 4.79 Å². The van der Waals surface area contributed by atoms with Crippen LogP contribution in [0.25, 0.3) is 0 Å². The van der Waals surface area contributed by atoms with E-state index in [0.717, 1.165) is 22.3 Å². The van der Waals surface area contributed by atoms with Gasteiger partial charge in [-0.15, -0.1) is 0 Å². The summed E-state index contributed by atoms with van der Waals surface area (Å²) >= 11 is 0. The average molecular weight is 387 g/mol. The number of carbonyl (C=O) groups is 2. The topological polar surface area (TPSA) is 55.4 Å². The highest BCUT2D eigenvalue weighted by molar-refractivity contribution is 5.91. The second-order valence-corrected chi connectivity index (χ2v) is 6.97. The minimum absolute atomic E-state index is 0.230. The Hall–Kier alpha value is -3.40. The molecule has 0 spiro atoms. The van der Waals surface area contributed by atoms with Crippen LogP contribution >= 0.6 is 0 Å². The quantitative estimate of drug-likeness (QED) is 0.623. The smallest absolute Gasteiger partial charge is 0.328 e. The van der Waals surface area contributed by atoms with Crippen LogP contribution in [0.1, 0.15) is 28.2 Å². The molecule has 0 aromatic heterocycles. The molecule has 1 atom stereocenters. The first-order chi connectivity index (χ1) is 14.1. The molecule has 0 saturated heterocycles. The van der Waals surface area contributed by atoms with Gasteiger partial charge < -0.3 is 10.1 Å². The fraction of sp³-hybridized carbons (Fsp3) is 0.200. The third-order valence-corrected chi connectivity index (χ3v) is 5.02. The summed E-state index contributed by atoms with van der Waals surface area (Å²) in [6.45, 7) is 1.99. The lowest BCUT2D eigenvalue weighted by molar-refractivity contribution is -0.145. The second kappa shape index (κ2) is 9.69. The second-order valence-electron chi connectivity index (χ2n) is 6.97. The van der Waals surface area contributed by atoms with Gasteiger partial charge in [0.15, 0.2) is 0 Å². The molecule has 0 bridgehead atoms. The first kappa shape index (κ1) is 20.3. The zero-order chi connectivity index (χ0) is 20.6. The first-order valence-electron chi connectivity index (χ1n) is 9.62. The summed E-state index contributed by atoms with van der Waals surface area (Å²) in [7, 11) is 1.34. The van der Waals surface area contributed by atoms with Crippen molar-refractivity contribution in [3.63, 3.8) is 0 Å². The summed E-state index contributed by atoms with van der Waals surface area (Å²) in [4.78, 5) is 25.8. The minimum Gasteiger partial charge on any atom is -0.467 e. The summed E-state index contributed by atoms with van der Waals surface area (Å²) in [5, 5.41) is 2.93. The van der Waals surface area contributed by atoms with Crippen molar-refractivity contribution in [1.82, 2.24) is 5.32 Å². The van der Waals surface area contributed by atoms with E-state index in [1.54, 1.807) is 0 Å². The summed E-state index contributed by atoms with van der Waals surface area (Å²) < 4.78 is 4.96. The third-order valence-electron chi connectivity index (χ3n) is 5.02. The third kappa shape index (κ3) is 5.11. The van der Waals surface area contributed by atoms with Crippen LogP contribution in [0, 0.1) is 6.92 Å². The number of nitrogens with one attached hydrogen (secondary N) is 1. The lowest BCUT2D eigenvalue weighted by Gasteiger charge is -2.22. The number of methoxy groups -OCH3 is 1. The summed E-state index contributed by atoms with van der Waals surface area (Å²) in [6, 6.07) is 26.2. The normalized spacial score (nSPS) is 11.7. The summed E-state index contributed by atoms with van der Waals surface area (Å²) in [6.07, 6.45) is 0.376. The van der Waals surface area contributed by atoms with Crippen LogP contribution < -0.4 is 5.32 Å². The van der Waals surface area contributed by atoms with Crippen molar-refractivity contribution in [2.75, 3.05) is 7.11 Å². The predicted octanol–water partition coefficient (Wildman–Crippen LogP) is 4.03. The molecule has 1 N–H and O–H groups in total. The van der Waals surface area contributed by atoms with Crippen molar-refractivity contribution in [2.24, 2.45) is 0 Å². The van der Waals surface area contributed by atoms with E-state index in [0.29, 0.717) is 6.42 Å². The highest BCUT2D eigenvalue weighted by Gasteiger charge is 2.28. The SMILES string of the molecule is COC(=O)[C@H](Cc1ccccc1C)NC(=O)C(c1ccccc1)c1ccccc1. The summed E-state index contributed by atoms with van der Waals surface area (Å²) in [5.41, 5.74) is 3.81. The monoisotopic (exact) mass is 387 g/mol. The van der Waals surface area contributed by atoms with E-state index in [9.17, 15) is 9.59 Å². The molecule has 3 rings (SSSR count). The van der Waals surface area contributed by atoms with E-state index < -0.39 is 17.9 Å². The number of carbonyl (C=O) groups excluding carboxylic acids is 2. The van der Waals surface area contributed by atoms with Crippen molar-refractivity contribution in [3.05, 3.63) is 107 Å². The van der Waals surface area contributed by atoms with Gasteiger partial charge in [0.25, 0.3) is 0 Å². The fourth-order valence-electron chi connectivity index (χ4n) is 3.44. The molecule has 29 heavy (non-hydrogen) atoms. The molecule has 148 valence electrons. The van der Waals surface area contributed by atoms with Gasteiger partial charge >= 0.3 is 5.97 Å². The average Bonchev–Trinajstić information content (AvgIpc) is 2.76. The molecular formula is C25H25NO3. The van der Waals surface area contributed by atoms with Gasteiger partial charge in [0.05, 0.1) is 13.0 Å². The van der Waals surface area contributed by atoms with Crippen molar-refractivity contribution in [1.29, 1.82) is 0 Å². The largest absolute Gasteiger partial charge is 0.467 e. The first-order valence-corrected chi connectivity index (χ1v) is 9.62. The van der Waals surface area contributed by atoms with Gasteiger partial charge in [-0.1, -0.05) is 84.9 Å². The molecule has 1 amide bonds. The minimum atomic E-state index is -0.761. The molecule has 0 fully saturated rings. The van der Waals surface area contributed by atoms with Crippen LogP contribution in [0.3, 0.4) is 0 Å². The number of benzene rings is 3.